The predicted octanol–water partition coefficient (Wildman–Crippen LogP) is 2.24. The number of benzene rings is 1. The Morgan fingerprint density at radius 1 is 1.36 bits per heavy atom. The van der Waals surface area contributed by atoms with Gasteiger partial charge in [0.05, 0.1) is 18.7 Å². The fraction of sp³-hybridized carbons (Fsp3) is 0.562. The minimum atomic E-state index is -0.451. The zero-order valence-electron chi connectivity index (χ0n) is 13.4. The lowest BCUT2D eigenvalue weighted by Crippen LogP contribution is -2.52. The van der Waals surface area contributed by atoms with E-state index in [1.165, 1.54) is 13.2 Å². The highest BCUT2D eigenvalue weighted by Gasteiger charge is 2.23. The number of piperazine rings is 1. The van der Waals surface area contributed by atoms with E-state index in [1.807, 2.05) is 0 Å². The van der Waals surface area contributed by atoms with Crippen molar-refractivity contribution in [2.45, 2.75) is 19.9 Å². The summed E-state index contributed by atoms with van der Waals surface area (Å²) in [6.45, 7) is 8.02. The largest absolute Gasteiger partial charge is 0.496 e. The minimum Gasteiger partial charge on any atom is -0.496 e. The van der Waals surface area contributed by atoms with Crippen molar-refractivity contribution in [2.75, 3.05) is 39.8 Å². The molecule has 1 fully saturated rings. The Labute approximate surface area is 131 Å². The molecule has 0 saturated carbocycles. The number of hydrogen-bond acceptors (Lipinski definition) is 3. The second-order valence-electron chi connectivity index (χ2n) is 5.45. The molecule has 2 rings (SSSR count). The van der Waals surface area contributed by atoms with Gasteiger partial charge >= 0.3 is 6.03 Å². The maximum Gasteiger partial charge on any atom is 0.317 e. The first-order chi connectivity index (χ1) is 10.6. The van der Waals surface area contributed by atoms with Gasteiger partial charge in [0.25, 0.3) is 0 Å². The number of ether oxygens (including phenoxy) is 1. The van der Waals surface area contributed by atoms with E-state index >= 15 is 0 Å². The molecule has 1 atom stereocenters. The molecule has 1 aliphatic rings. The quantitative estimate of drug-likeness (QED) is 0.928. The molecule has 0 aliphatic carbocycles. The molecule has 2 amide bonds. The summed E-state index contributed by atoms with van der Waals surface area (Å²) in [5, 5.41) is 2.86. The van der Waals surface area contributed by atoms with Crippen molar-refractivity contribution in [1.29, 1.82) is 0 Å². The molecule has 1 N–H and O–H groups in total. The number of rotatable bonds is 4. The van der Waals surface area contributed by atoms with E-state index in [0.29, 0.717) is 24.4 Å². The number of halogens is 1. The summed E-state index contributed by atoms with van der Waals surface area (Å²) >= 11 is 0. The molecule has 6 heteroatoms. The number of carbonyl (C=O) groups is 1. The van der Waals surface area contributed by atoms with E-state index in [2.05, 4.69) is 17.1 Å². The second-order valence-corrected chi connectivity index (χ2v) is 5.45. The number of nitrogens with zero attached hydrogens (tertiary/aromatic N) is 2. The maximum atomic E-state index is 14.0. The summed E-state index contributed by atoms with van der Waals surface area (Å²) in [6, 6.07) is 4.05. The van der Waals surface area contributed by atoms with Crippen molar-refractivity contribution < 1.29 is 13.9 Å². The van der Waals surface area contributed by atoms with Crippen LogP contribution in [0.2, 0.25) is 0 Å². The molecule has 122 valence electrons. The highest BCUT2D eigenvalue weighted by Crippen LogP contribution is 2.27. The van der Waals surface area contributed by atoms with Gasteiger partial charge in [-0.3, -0.25) is 0 Å². The van der Waals surface area contributed by atoms with Gasteiger partial charge in [-0.1, -0.05) is 13.0 Å². The van der Waals surface area contributed by atoms with E-state index in [-0.39, 0.29) is 11.8 Å². The smallest absolute Gasteiger partial charge is 0.317 e. The first-order valence-corrected chi connectivity index (χ1v) is 7.67. The van der Waals surface area contributed by atoms with Gasteiger partial charge in [-0.25, -0.2) is 9.18 Å². The Hall–Kier alpha value is -1.82. The van der Waals surface area contributed by atoms with Crippen LogP contribution in [0.5, 0.6) is 5.75 Å². The normalized spacial score (nSPS) is 17.2. The van der Waals surface area contributed by atoms with Crippen LogP contribution in [0.25, 0.3) is 0 Å². The summed E-state index contributed by atoms with van der Waals surface area (Å²) < 4.78 is 19.2. The molecule has 0 unspecified atom stereocenters. The molecule has 0 bridgehead atoms. The number of methoxy groups -OCH3 is 1. The molecule has 0 aromatic heterocycles. The third-order valence-corrected chi connectivity index (χ3v) is 4.11. The zero-order chi connectivity index (χ0) is 16.1. The predicted molar refractivity (Wildman–Crippen MR) is 83.6 cm³/mol. The summed E-state index contributed by atoms with van der Waals surface area (Å²) in [4.78, 5) is 16.4. The molecule has 0 spiro atoms. The third kappa shape index (κ3) is 3.68. The van der Waals surface area contributed by atoms with Gasteiger partial charge in [-0.2, -0.15) is 0 Å². The van der Waals surface area contributed by atoms with Crippen molar-refractivity contribution in [3.8, 4) is 5.75 Å². The van der Waals surface area contributed by atoms with Crippen molar-refractivity contribution in [2.24, 2.45) is 0 Å². The lowest BCUT2D eigenvalue weighted by Gasteiger charge is -2.34. The van der Waals surface area contributed by atoms with Crippen molar-refractivity contribution >= 4 is 6.03 Å². The van der Waals surface area contributed by atoms with E-state index < -0.39 is 6.04 Å². The summed E-state index contributed by atoms with van der Waals surface area (Å²) in [5.74, 6) is 0.0755. The van der Waals surface area contributed by atoms with Crippen LogP contribution in [0.1, 0.15) is 25.5 Å². The van der Waals surface area contributed by atoms with Gasteiger partial charge in [-0.15, -0.1) is 0 Å². The van der Waals surface area contributed by atoms with Crippen LogP contribution in [-0.4, -0.2) is 55.7 Å². The first-order valence-electron chi connectivity index (χ1n) is 7.67. The maximum absolute atomic E-state index is 14.0. The highest BCUT2D eigenvalue weighted by molar-refractivity contribution is 5.75. The number of likely N-dealkylation sites (N-methyl/N-ethyl adjacent to an activating group) is 1. The van der Waals surface area contributed by atoms with Crippen LogP contribution in [-0.2, 0) is 0 Å². The van der Waals surface area contributed by atoms with Gasteiger partial charge in [0.2, 0.25) is 0 Å². The molecule has 1 heterocycles. The second kappa shape index (κ2) is 7.45. The lowest BCUT2D eigenvalue weighted by molar-refractivity contribution is 0.141. The number of hydrogen-bond donors (Lipinski definition) is 1. The third-order valence-electron chi connectivity index (χ3n) is 4.11. The summed E-state index contributed by atoms with van der Waals surface area (Å²) in [5.41, 5.74) is 0.380. The number of amides is 2. The Balaban J connectivity index is 2.00. The topological polar surface area (TPSA) is 44.8 Å². The van der Waals surface area contributed by atoms with Crippen molar-refractivity contribution in [3.63, 3.8) is 0 Å². The number of carbonyl (C=O) groups excluding carboxylic acids is 1. The summed E-state index contributed by atoms with van der Waals surface area (Å²) in [7, 11) is 1.50. The van der Waals surface area contributed by atoms with E-state index in [4.69, 9.17) is 4.74 Å². The molecule has 5 nitrogen and oxygen atoms in total. The van der Waals surface area contributed by atoms with Gasteiger partial charge in [0.1, 0.15) is 11.6 Å². The van der Waals surface area contributed by atoms with Crippen LogP contribution >= 0.6 is 0 Å². The van der Waals surface area contributed by atoms with Crippen LogP contribution in [0.3, 0.4) is 0 Å². The first kappa shape index (κ1) is 16.5. The molecule has 1 saturated heterocycles. The standard InChI is InChI=1S/C16H24FN3O2/c1-4-19-8-10-20(11-9-19)16(21)18-12(2)15-13(17)6-5-7-14(15)22-3/h5-7,12H,4,8-11H2,1-3H3,(H,18,21)/t12-/m0/s1. The van der Waals surface area contributed by atoms with Crippen LogP contribution in [0.15, 0.2) is 18.2 Å². The molecular formula is C16H24FN3O2. The molecular weight excluding hydrogens is 285 g/mol. The average molecular weight is 309 g/mol. The Morgan fingerprint density at radius 3 is 2.64 bits per heavy atom. The number of nitrogens with one attached hydrogen (secondary N) is 1. The molecule has 22 heavy (non-hydrogen) atoms. The average Bonchev–Trinajstić information content (AvgIpc) is 2.54. The van der Waals surface area contributed by atoms with Gasteiger partial charge in [-0.05, 0) is 25.6 Å². The zero-order valence-corrected chi connectivity index (χ0v) is 13.4. The highest BCUT2D eigenvalue weighted by atomic mass is 19.1. The Bertz CT molecular complexity index is 516. The fourth-order valence-corrected chi connectivity index (χ4v) is 2.73. The van der Waals surface area contributed by atoms with Crippen molar-refractivity contribution in [3.05, 3.63) is 29.6 Å². The van der Waals surface area contributed by atoms with E-state index in [1.54, 1.807) is 24.0 Å². The molecule has 1 aromatic rings. The molecule has 1 aromatic carbocycles. The fourth-order valence-electron chi connectivity index (χ4n) is 2.73. The number of urea groups is 1. The summed E-state index contributed by atoms with van der Waals surface area (Å²) in [6.07, 6.45) is 0. The molecule has 1 aliphatic heterocycles. The van der Waals surface area contributed by atoms with Crippen LogP contribution in [0, 0.1) is 5.82 Å². The van der Waals surface area contributed by atoms with Gasteiger partial charge in [0, 0.05) is 26.2 Å². The minimum absolute atomic E-state index is 0.159. The monoisotopic (exact) mass is 309 g/mol. The van der Waals surface area contributed by atoms with Crippen LogP contribution in [0.4, 0.5) is 9.18 Å². The SMILES string of the molecule is CCN1CCN(C(=O)N[C@@H](C)c2c(F)cccc2OC)CC1. The van der Waals surface area contributed by atoms with Gasteiger partial charge < -0.3 is 19.9 Å². The van der Waals surface area contributed by atoms with E-state index in [0.717, 1.165) is 19.6 Å². The van der Waals surface area contributed by atoms with Crippen molar-refractivity contribution in [1.82, 2.24) is 15.1 Å². The van der Waals surface area contributed by atoms with Gasteiger partial charge in [0.15, 0.2) is 0 Å². The van der Waals surface area contributed by atoms with E-state index in [9.17, 15) is 9.18 Å². The Kier molecular flexibility index (Phi) is 5.60. The Morgan fingerprint density at radius 2 is 2.05 bits per heavy atom. The lowest BCUT2D eigenvalue weighted by atomic mass is 10.1. The molecule has 0 radical (unpaired) electrons. The van der Waals surface area contributed by atoms with Crippen LogP contribution < -0.4 is 10.1 Å².